The summed E-state index contributed by atoms with van der Waals surface area (Å²) < 4.78 is 25.9. The zero-order valence-corrected chi connectivity index (χ0v) is 10.5. The van der Waals surface area contributed by atoms with Crippen LogP contribution in [-0.2, 0) is 6.54 Å². The molecule has 1 aromatic carbocycles. The van der Waals surface area contributed by atoms with Crippen LogP contribution in [0.25, 0.3) is 0 Å². The molecule has 2 nitrogen and oxygen atoms in total. The molecule has 0 amide bonds. The van der Waals surface area contributed by atoms with Gasteiger partial charge in [0.15, 0.2) is 11.6 Å². The van der Waals surface area contributed by atoms with Gasteiger partial charge in [-0.3, -0.25) is 4.98 Å². The molecule has 0 aliphatic heterocycles. The summed E-state index contributed by atoms with van der Waals surface area (Å²) in [4.78, 5) is 5.74. The number of hydrogen-bond donors (Lipinski definition) is 0. The predicted molar refractivity (Wildman–Crippen MR) is 67.7 cm³/mol. The van der Waals surface area contributed by atoms with E-state index >= 15 is 0 Å². The van der Waals surface area contributed by atoms with Gasteiger partial charge in [0, 0.05) is 26.0 Å². The summed E-state index contributed by atoms with van der Waals surface area (Å²) in [5, 5.41) is 0.516. The maximum Gasteiger partial charge on any atom is 0.159 e. The van der Waals surface area contributed by atoms with Gasteiger partial charge in [0.2, 0.25) is 0 Å². The molecule has 1 aromatic heterocycles. The van der Waals surface area contributed by atoms with Crippen molar-refractivity contribution in [3.05, 3.63) is 58.9 Å². The third kappa shape index (κ3) is 2.76. The first-order valence-electron chi connectivity index (χ1n) is 5.32. The highest BCUT2D eigenvalue weighted by molar-refractivity contribution is 6.33. The van der Waals surface area contributed by atoms with Crippen LogP contribution in [0.1, 0.15) is 5.56 Å². The van der Waals surface area contributed by atoms with Crippen molar-refractivity contribution < 1.29 is 8.78 Å². The average molecular weight is 269 g/mol. The number of halogens is 3. The van der Waals surface area contributed by atoms with Crippen molar-refractivity contribution in [3.8, 4) is 0 Å². The highest BCUT2D eigenvalue weighted by Gasteiger charge is 2.08. The Morgan fingerprint density at radius 2 is 2.00 bits per heavy atom. The van der Waals surface area contributed by atoms with Gasteiger partial charge in [-0.05, 0) is 23.8 Å². The average Bonchev–Trinajstić information content (AvgIpc) is 2.34. The smallest absolute Gasteiger partial charge is 0.159 e. The first-order chi connectivity index (χ1) is 8.58. The molecular formula is C13H11ClF2N2. The standard InChI is InChI=1S/C13H11ClF2N2/c1-18(13-4-5-17-7-10(13)14)8-9-2-3-11(15)12(16)6-9/h2-7H,8H2,1H3. The summed E-state index contributed by atoms with van der Waals surface area (Å²) in [7, 11) is 1.82. The van der Waals surface area contributed by atoms with Crippen LogP contribution >= 0.6 is 11.6 Å². The van der Waals surface area contributed by atoms with Crippen LogP contribution in [0.4, 0.5) is 14.5 Å². The molecule has 0 saturated carbocycles. The molecule has 94 valence electrons. The number of pyridine rings is 1. The van der Waals surface area contributed by atoms with Crippen molar-refractivity contribution >= 4 is 17.3 Å². The minimum atomic E-state index is -0.846. The predicted octanol–water partition coefficient (Wildman–Crippen LogP) is 3.65. The zero-order valence-electron chi connectivity index (χ0n) is 9.70. The van der Waals surface area contributed by atoms with Crippen LogP contribution < -0.4 is 4.90 Å². The minimum Gasteiger partial charge on any atom is -0.369 e. The second-order valence-electron chi connectivity index (χ2n) is 3.93. The summed E-state index contributed by atoms with van der Waals surface area (Å²) in [5.74, 6) is -1.69. The second-order valence-corrected chi connectivity index (χ2v) is 4.34. The van der Waals surface area contributed by atoms with Gasteiger partial charge in [-0.15, -0.1) is 0 Å². The van der Waals surface area contributed by atoms with Gasteiger partial charge in [-0.2, -0.15) is 0 Å². The fraction of sp³-hybridized carbons (Fsp3) is 0.154. The maximum absolute atomic E-state index is 13.1. The van der Waals surface area contributed by atoms with Gasteiger partial charge in [0.05, 0.1) is 10.7 Å². The van der Waals surface area contributed by atoms with Crippen molar-refractivity contribution in [1.29, 1.82) is 0 Å². The number of nitrogens with zero attached hydrogens (tertiary/aromatic N) is 2. The molecule has 0 atom stereocenters. The van der Waals surface area contributed by atoms with Crippen LogP contribution in [0.2, 0.25) is 5.02 Å². The molecule has 5 heteroatoms. The van der Waals surface area contributed by atoms with E-state index in [9.17, 15) is 8.78 Å². The van der Waals surface area contributed by atoms with Crippen molar-refractivity contribution in [2.75, 3.05) is 11.9 Å². The van der Waals surface area contributed by atoms with E-state index in [2.05, 4.69) is 4.98 Å². The SMILES string of the molecule is CN(Cc1ccc(F)c(F)c1)c1ccncc1Cl. The summed E-state index contributed by atoms with van der Waals surface area (Å²) in [6.07, 6.45) is 3.17. The molecule has 18 heavy (non-hydrogen) atoms. The van der Waals surface area contributed by atoms with Crippen LogP contribution in [0.5, 0.6) is 0 Å². The van der Waals surface area contributed by atoms with Gasteiger partial charge >= 0.3 is 0 Å². The maximum atomic E-state index is 13.1. The Bertz CT molecular complexity index is 560. The van der Waals surface area contributed by atoms with Gasteiger partial charge in [-0.1, -0.05) is 17.7 Å². The lowest BCUT2D eigenvalue weighted by molar-refractivity contribution is 0.507. The van der Waals surface area contributed by atoms with E-state index in [4.69, 9.17) is 11.6 Å². The Labute approximate surface area is 109 Å². The molecule has 0 unspecified atom stereocenters. The summed E-state index contributed by atoms with van der Waals surface area (Å²) in [6.45, 7) is 0.431. The highest BCUT2D eigenvalue weighted by Crippen LogP contribution is 2.24. The van der Waals surface area contributed by atoms with E-state index < -0.39 is 11.6 Å². The largest absolute Gasteiger partial charge is 0.369 e. The molecule has 1 heterocycles. The van der Waals surface area contributed by atoms with E-state index in [1.807, 2.05) is 11.9 Å². The number of rotatable bonds is 3. The normalized spacial score (nSPS) is 10.4. The Hall–Kier alpha value is -1.68. The van der Waals surface area contributed by atoms with E-state index in [0.717, 1.165) is 11.8 Å². The molecule has 0 aliphatic rings. The summed E-state index contributed by atoms with van der Waals surface area (Å²) in [6, 6.07) is 5.61. The lowest BCUT2D eigenvalue weighted by Gasteiger charge is -2.20. The van der Waals surface area contributed by atoms with E-state index in [0.29, 0.717) is 17.1 Å². The number of aromatic nitrogens is 1. The monoisotopic (exact) mass is 268 g/mol. The molecular weight excluding hydrogens is 258 g/mol. The molecule has 0 radical (unpaired) electrons. The van der Waals surface area contributed by atoms with Gasteiger partial charge in [0.1, 0.15) is 0 Å². The fourth-order valence-electron chi connectivity index (χ4n) is 1.67. The lowest BCUT2D eigenvalue weighted by atomic mass is 10.2. The Morgan fingerprint density at radius 1 is 1.22 bits per heavy atom. The van der Waals surface area contributed by atoms with Crippen molar-refractivity contribution in [2.24, 2.45) is 0 Å². The lowest BCUT2D eigenvalue weighted by Crippen LogP contribution is -2.17. The summed E-state index contributed by atoms with van der Waals surface area (Å²) >= 11 is 6.00. The third-order valence-corrected chi connectivity index (χ3v) is 2.86. The Balaban J connectivity index is 2.19. The molecule has 0 spiro atoms. The Morgan fingerprint density at radius 3 is 2.67 bits per heavy atom. The second kappa shape index (κ2) is 5.31. The van der Waals surface area contributed by atoms with Crippen molar-refractivity contribution in [2.45, 2.75) is 6.54 Å². The summed E-state index contributed by atoms with van der Waals surface area (Å²) in [5.41, 5.74) is 1.46. The van der Waals surface area contributed by atoms with E-state index in [-0.39, 0.29) is 0 Å². The van der Waals surface area contributed by atoms with Crippen LogP contribution in [-0.4, -0.2) is 12.0 Å². The van der Waals surface area contributed by atoms with Gasteiger partial charge in [-0.25, -0.2) is 8.78 Å². The third-order valence-electron chi connectivity index (χ3n) is 2.57. The van der Waals surface area contributed by atoms with E-state index in [1.54, 1.807) is 24.5 Å². The molecule has 0 aliphatic carbocycles. The van der Waals surface area contributed by atoms with Crippen LogP contribution in [0.15, 0.2) is 36.7 Å². The topological polar surface area (TPSA) is 16.1 Å². The van der Waals surface area contributed by atoms with Crippen molar-refractivity contribution in [1.82, 2.24) is 4.98 Å². The number of anilines is 1. The highest BCUT2D eigenvalue weighted by atomic mass is 35.5. The quantitative estimate of drug-likeness (QED) is 0.845. The zero-order chi connectivity index (χ0) is 13.1. The molecule has 2 rings (SSSR count). The van der Waals surface area contributed by atoms with Gasteiger partial charge < -0.3 is 4.90 Å². The molecule has 0 bridgehead atoms. The first-order valence-corrected chi connectivity index (χ1v) is 5.70. The first kappa shape index (κ1) is 12.8. The number of hydrogen-bond acceptors (Lipinski definition) is 2. The van der Waals surface area contributed by atoms with Crippen molar-refractivity contribution in [3.63, 3.8) is 0 Å². The molecule has 0 saturated heterocycles. The fourth-order valence-corrected chi connectivity index (χ4v) is 1.94. The van der Waals surface area contributed by atoms with E-state index in [1.165, 1.54) is 6.07 Å². The Kier molecular flexibility index (Phi) is 3.77. The van der Waals surface area contributed by atoms with Gasteiger partial charge in [0.25, 0.3) is 0 Å². The molecule has 0 N–H and O–H groups in total. The number of benzene rings is 1. The molecule has 0 fully saturated rings. The van der Waals surface area contributed by atoms with Crippen LogP contribution in [0, 0.1) is 11.6 Å². The van der Waals surface area contributed by atoms with Crippen LogP contribution in [0.3, 0.4) is 0 Å². The molecule has 2 aromatic rings. The minimum absolute atomic E-state index is 0.431.